The minimum atomic E-state index is -1.10. The molecule has 3 aromatic rings. The number of rotatable bonds is 11. The molecule has 0 fully saturated rings. The van der Waals surface area contributed by atoms with Crippen molar-refractivity contribution in [2.24, 2.45) is 5.73 Å². The summed E-state index contributed by atoms with van der Waals surface area (Å²) in [6, 6.07) is 17.5. The van der Waals surface area contributed by atoms with Crippen LogP contribution in [0.1, 0.15) is 35.3 Å². The van der Waals surface area contributed by atoms with Gasteiger partial charge in [-0.05, 0) is 55.6 Å². The van der Waals surface area contributed by atoms with Crippen LogP contribution in [0.4, 0.5) is 0 Å². The Hall–Kier alpha value is -3.65. The quantitative estimate of drug-likeness (QED) is 0.404. The van der Waals surface area contributed by atoms with Crippen molar-refractivity contribution in [3.8, 4) is 17.1 Å². The van der Waals surface area contributed by atoms with Gasteiger partial charge in [0.1, 0.15) is 18.4 Å². The number of aliphatic carboxylic acids is 1. The summed E-state index contributed by atoms with van der Waals surface area (Å²) >= 11 is 0. The minimum absolute atomic E-state index is 0.0180. The number of unbranched alkanes of at least 4 members (excludes halogenated alkanes) is 1. The fraction of sp³-hybridized carbons (Fsp3) is 0.261. The van der Waals surface area contributed by atoms with Gasteiger partial charge in [-0.1, -0.05) is 35.5 Å². The van der Waals surface area contributed by atoms with Gasteiger partial charge in [-0.3, -0.25) is 4.79 Å². The van der Waals surface area contributed by atoms with Crippen molar-refractivity contribution in [1.29, 1.82) is 0 Å². The van der Waals surface area contributed by atoms with E-state index in [9.17, 15) is 14.7 Å². The third-order valence-electron chi connectivity index (χ3n) is 4.68. The fourth-order valence-electron chi connectivity index (χ4n) is 2.96. The number of carboxylic acid groups (broad SMARTS) is 1. The molecule has 8 heteroatoms. The van der Waals surface area contributed by atoms with Crippen LogP contribution in [-0.2, 0) is 11.4 Å². The predicted molar refractivity (Wildman–Crippen MR) is 115 cm³/mol. The molecule has 1 aromatic heterocycles. The molecule has 0 spiro atoms. The molecule has 8 nitrogen and oxygen atoms in total. The van der Waals surface area contributed by atoms with Gasteiger partial charge in [0.15, 0.2) is 11.5 Å². The van der Waals surface area contributed by atoms with Crippen molar-refractivity contribution in [3.63, 3.8) is 0 Å². The number of amides is 1. The summed E-state index contributed by atoms with van der Waals surface area (Å²) < 4.78 is 11.0. The number of nitrogens with zero attached hydrogens (tertiary/aromatic N) is 1. The summed E-state index contributed by atoms with van der Waals surface area (Å²) in [6.07, 6.45) is 1.60. The molecular weight excluding hydrogens is 398 g/mol. The van der Waals surface area contributed by atoms with E-state index in [0.29, 0.717) is 43.9 Å². The number of hydrogen-bond donors (Lipinski definition) is 3. The minimum Gasteiger partial charge on any atom is -0.489 e. The number of carbonyl (C=O) groups is 2. The van der Waals surface area contributed by atoms with Gasteiger partial charge in [0.25, 0.3) is 5.91 Å². The first-order valence-corrected chi connectivity index (χ1v) is 10.0. The number of hydrogen-bond acceptors (Lipinski definition) is 6. The lowest BCUT2D eigenvalue weighted by molar-refractivity contribution is -0.139. The van der Waals surface area contributed by atoms with Gasteiger partial charge in [0, 0.05) is 11.6 Å². The Kier molecular flexibility index (Phi) is 7.78. The Bertz CT molecular complexity index is 986. The Morgan fingerprint density at radius 1 is 1.10 bits per heavy atom. The summed E-state index contributed by atoms with van der Waals surface area (Å²) in [5.41, 5.74) is 7.24. The van der Waals surface area contributed by atoms with Crippen molar-refractivity contribution >= 4 is 11.9 Å². The summed E-state index contributed by atoms with van der Waals surface area (Å²) in [5.74, 6) is -0.597. The lowest BCUT2D eigenvalue weighted by Gasteiger charge is -2.12. The Morgan fingerprint density at radius 3 is 2.52 bits per heavy atom. The van der Waals surface area contributed by atoms with Gasteiger partial charge in [-0.15, -0.1) is 0 Å². The molecule has 1 amide bonds. The van der Waals surface area contributed by atoms with Crippen LogP contribution >= 0.6 is 0 Å². The molecule has 0 radical (unpaired) electrons. The lowest BCUT2D eigenvalue weighted by Crippen LogP contribution is -2.40. The van der Waals surface area contributed by atoms with E-state index in [2.05, 4.69) is 10.5 Å². The second-order valence-corrected chi connectivity index (χ2v) is 7.02. The SMILES string of the molecule is NCCCC[C@H](NC(=O)c1cc(-c2ccc(OCc3ccccc3)cc2)on1)C(=O)O. The lowest BCUT2D eigenvalue weighted by atomic mass is 10.1. The molecule has 0 saturated heterocycles. The highest BCUT2D eigenvalue weighted by atomic mass is 16.5. The fourth-order valence-corrected chi connectivity index (χ4v) is 2.96. The van der Waals surface area contributed by atoms with Crippen LogP contribution in [0, 0.1) is 0 Å². The number of aromatic nitrogens is 1. The molecule has 0 unspecified atom stereocenters. The average Bonchev–Trinajstić information content (AvgIpc) is 3.28. The predicted octanol–water partition coefficient (Wildman–Crippen LogP) is 3.23. The first-order valence-electron chi connectivity index (χ1n) is 10.0. The smallest absolute Gasteiger partial charge is 0.326 e. The molecule has 1 heterocycles. The second-order valence-electron chi connectivity index (χ2n) is 7.02. The highest BCUT2D eigenvalue weighted by Crippen LogP contribution is 2.24. The third kappa shape index (κ3) is 6.42. The summed E-state index contributed by atoms with van der Waals surface area (Å²) in [6.45, 7) is 0.936. The van der Waals surface area contributed by atoms with E-state index in [1.165, 1.54) is 6.07 Å². The molecule has 0 aliphatic rings. The van der Waals surface area contributed by atoms with Crippen LogP contribution in [0.5, 0.6) is 5.75 Å². The van der Waals surface area contributed by atoms with E-state index >= 15 is 0 Å². The normalized spacial score (nSPS) is 11.6. The molecule has 1 atom stereocenters. The topological polar surface area (TPSA) is 128 Å². The summed E-state index contributed by atoms with van der Waals surface area (Å²) in [5, 5.41) is 15.5. The molecule has 3 rings (SSSR count). The summed E-state index contributed by atoms with van der Waals surface area (Å²) in [7, 11) is 0. The molecule has 4 N–H and O–H groups in total. The molecule has 31 heavy (non-hydrogen) atoms. The van der Waals surface area contributed by atoms with E-state index in [0.717, 1.165) is 11.1 Å². The van der Waals surface area contributed by atoms with Crippen molar-refractivity contribution in [1.82, 2.24) is 10.5 Å². The first-order chi connectivity index (χ1) is 15.1. The van der Waals surface area contributed by atoms with Crippen molar-refractivity contribution in [3.05, 3.63) is 71.9 Å². The highest BCUT2D eigenvalue weighted by Gasteiger charge is 2.22. The van der Waals surface area contributed by atoms with E-state index in [4.69, 9.17) is 15.0 Å². The maximum atomic E-state index is 12.4. The maximum absolute atomic E-state index is 12.4. The average molecular weight is 423 g/mol. The van der Waals surface area contributed by atoms with Crippen LogP contribution in [0.15, 0.2) is 65.2 Å². The molecule has 0 aliphatic carbocycles. The van der Waals surface area contributed by atoms with E-state index in [-0.39, 0.29) is 5.69 Å². The largest absolute Gasteiger partial charge is 0.489 e. The first kappa shape index (κ1) is 22.0. The standard InChI is InChI=1S/C23H25N3O5/c24-13-5-4-8-19(23(28)29)25-22(27)20-14-21(31-26-20)17-9-11-18(12-10-17)30-15-16-6-2-1-3-7-16/h1-3,6-7,9-12,14,19H,4-5,8,13,15,24H2,(H,25,27)(H,28,29)/t19-/m0/s1. The molecule has 0 bridgehead atoms. The van der Waals surface area contributed by atoms with E-state index in [1.54, 1.807) is 24.3 Å². The summed E-state index contributed by atoms with van der Waals surface area (Å²) in [4.78, 5) is 23.7. The maximum Gasteiger partial charge on any atom is 0.326 e. The highest BCUT2D eigenvalue weighted by molar-refractivity contribution is 5.95. The number of carboxylic acids is 1. The number of nitrogens with two attached hydrogens (primary N) is 1. The third-order valence-corrected chi connectivity index (χ3v) is 4.68. The van der Waals surface area contributed by atoms with E-state index < -0.39 is 17.9 Å². The van der Waals surface area contributed by atoms with Gasteiger partial charge in [0.05, 0.1) is 0 Å². The van der Waals surface area contributed by atoms with Gasteiger partial charge in [-0.25, -0.2) is 4.79 Å². The zero-order valence-corrected chi connectivity index (χ0v) is 17.0. The van der Waals surface area contributed by atoms with Gasteiger partial charge < -0.3 is 25.4 Å². The Balaban J connectivity index is 1.59. The molecular formula is C23H25N3O5. The number of ether oxygens (including phenoxy) is 1. The van der Waals surface area contributed by atoms with Crippen LogP contribution < -0.4 is 15.8 Å². The number of carbonyl (C=O) groups excluding carboxylic acids is 1. The van der Waals surface area contributed by atoms with Gasteiger partial charge >= 0.3 is 5.97 Å². The van der Waals surface area contributed by atoms with Crippen LogP contribution in [0.3, 0.4) is 0 Å². The molecule has 2 aromatic carbocycles. The monoisotopic (exact) mass is 423 g/mol. The zero-order valence-electron chi connectivity index (χ0n) is 17.0. The molecule has 0 saturated carbocycles. The van der Waals surface area contributed by atoms with Crippen LogP contribution in [0.25, 0.3) is 11.3 Å². The van der Waals surface area contributed by atoms with Crippen molar-refractivity contribution in [2.75, 3.05) is 6.54 Å². The second kappa shape index (κ2) is 10.9. The molecule has 0 aliphatic heterocycles. The van der Waals surface area contributed by atoms with Gasteiger partial charge in [0.2, 0.25) is 0 Å². The number of nitrogens with one attached hydrogen (secondary N) is 1. The van der Waals surface area contributed by atoms with Crippen molar-refractivity contribution < 1.29 is 24.0 Å². The van der Waals surface area contributed by atoms with Crippen LogP contribution in [0.2, 0.25) is 0 Å². The zero-order chi connectivity index (χ0) is 22.1. The van der Waals surface area contributed by atoms with Crippen molar-refractivity contribution in [2.45, 2.75) is 31.9 Å². The van der Waals surface area contributed by atoms with E-state index in [1.807, 2.05) is 30.3 Å². The van der Waals surface area contributed by atoms with Gasteiger partial charge in [-0.2, -0.15) is 0 Å². The Morgan fingerprint density at radius 2 is 1.84 bits per heavy atom. The molecule has 162 valence electrons. The Labute approximate surface area is 180 Å². The van der Waals surface area contributed by atoms with Crippen LogP contribution in [-0.4, -0.2) is 34.7 Å². The number of benzene rings is 2.